The van der Waals surface area contributed by atoms with E-state index in [-0.39, 0.29) is 0 Å². The lowest BCUT2D eigenvalue weighted by Gasteiger charge is -2.45. The molecule has 1 aliphatic heterocycles. The summed E-state index contributed by atoms with van der Waals surface area (Å²) < 4.78 is 0. The first-order chi connectivity index (χ1) is 7.58. The molecule has 1 N–H and O–H groups in total. The van der Waals surface area contributed by atoms with Gasteiger partial charge in [-0.1, -0.05) is 0 Å². The van der Waals surface area contributed by atoms with Gasteiger partial charge in [0.2, 0.25) is 0 Å². The highest BCUT2D eigenvalue weighted by molar-refractivity contribution is 4.88. The number of hydrogen-bond donors (Lipinski definition) is 1. The Labute approximate surface area is 100 Å². The quantitative estimate of drug-likeness (QED) is 0.708. The lowest BCUT2D eigenvalue weighted by Crippen LogP contribution is -2.57. The normalized spacial score (nSPS) is 27.2. The van der Waals surface area contributed by atoms with Crippen molar-refractivity contribution in [3.63, 3.8) is 0 Å². The first kappa shape index (κ1) is 12.3. The van der Waals surface area contributed by atoms with E-state index in [4.69, 9.17) is 0 Å². The molecule has 0 aromatic rings. The summed E-state index contributed by atoms with van der Waals surface area (Å²) in [6, 6.07) is 0.865. The molecule has 0 atom stereocenters. The molecule has 0 radical (unpaired) electrons. The van der Waals surface area contributed by atoms with Crippen molar-refractivity contribution in [1.82, 2.24) is 15.1 Å². The van der Waals surface area contributed by atoms with Crippen molar-refractivity contribution in [3.8, 4) is 0 Å². The second kappa shape index (κ2) is 5.03. The molecule has 0 unspecified atom stereocenters. The minimum Gasteiger partial charge on any atom is -0.314 e. The van der Waals surface area contributed by atoms with Crippen LogP contribution in [-0.2, 0) is 0 Å². The predicted octanol–water partition coefficient (Wildman–Crippen LogP) is 1.15. The average molecular weight is 225 g/mol. The van der Waals surface area contributed by atoms with Gasteiger partial charge in [-0.2, -0.15) is 0 Å². The Morgan fingerprint density at radius 2 is 2.00 bits per heavy atom. The lowest BCUT2D eigenvalue weighted by atomic mass is 10.00. The molecule has 1 saturated heterocycles. The molecular weight excluding hydrogens is 198 g/mol. The first-order valence-corrected chi connectivity index (χ1v) is 6.75. The van der Waals surface area contributed by atoms with E-state index in [1.165, 1.54) is 52.0 Å². The van der Waals surface area contributed by atoms with Gasteiger partial charge in [0, 0.05) is 31.2 Å². The van der Waals surface area contributed by atoms with Crippen molar-refractivity contribution in [3.05, 3.63) is 0 Å². The number of rotatable bonds is 5. The summed E-state index contributed by atoms with van der Waals surface area (Å²) in [6.45, 7) is 10.8. The van der Waals surface area contributed by atoms with E-state index >= 15 is 0 Å². The molecule has 16 heavy (non-hydrogen) atoms. The molecule has 0 spiro atoms. The van der Waals surface area contributed by atoms with E-state index in [1.807, 2.05) is 0 Å². The summed E-state index contributed by atoms with van der Waals surface area (Å²) in [5.41, 5.74) is 0.349. The third-order valence-corrected chi connectivity index (χ3v) is 4.06. The highest BCUT2D eigenvalue weighted by Gasteiger charge is 2.30. The number of piperazine rings is 1. The van der Waals surface area contributed by atoms with Crippen LogP contribution in [0.4, 0.5) is 0 Å². The SMILES string of the molecule is CN1CCN(CCCNC2CC2)CC1(C)C. The molecule has 1 saturated carbocycles. The molecule has 0 aromatic carbocycles. The summed E-state index contributed by atoms with van der Waals surface area (Å²) in [7, 11) is 2.24. The minimum absolute atomic E-state index is 0.349. The number of nitrogens with one attached hydrogen (secondary N) is 1. The Kier molecular flexibility index (Phi) is 3.88. The van der Waals surface area contributed by atoms with E-state index < -0.39 is 0 Å². The monoisotopic (exact) mass is 225 g/mol. The van der Waals surface area contributed by atoms with Crippen molar-refractivity contribution < 1.29 is 0 Å². The van der Waals surface area contributed by atoms with E-state index in [2.05, 4.69) is 36.0 Å². The van der Waals surface area contributed by atoms with Gasteiger partial charge >= 0.3 is 0 Å². The van der Waals surface area contributed by atoms with Crippen molar-refractivity contribution >= 4 is 0 Å². The largest absolute Gasteiger partial charge is 0.314 e. The van der Waals surface area contributed by atoms with Gasteiger partial charge in [-0.05, 0) is 53.2 Å². The van der Waals surface area contributed by atoms with Crippen LogP contribution >= 0.6 is 0 Å². The van der Waals surface area contributed by atoms with Gasteiger partial charge < -0.3 is 10.2 Å². The van der Waals surface area contributed by atoms with Crippen molar-refractivity contribution in [2.75, 3.05) is 39.8 Å². The second-order valence-electron chi connectivity index (χ2n) is 6.09. The molecule has 94 valence electrons. The maximum atomic E-state index is 3.59. The Morgan fingerprint density at radius 3 is 2.62 bits per heavy atom. The van der Waals surface area contributed by atoms with E-state index in [0.29, 0.717) is 5.54 Å². The third-order valence-electron chi connectivity index (χ3n) is 4.06. The summed E-state index contributed by atoms with van der Waals surface area (Å²) >= 11 is 0. The van der Waals surface area contributed by atoms with Crippen LogP contribution in [0.2, 0.25) is 0 Å². The van der Waals surface area contributed by atoms with Crippen LogP contribution in [0.25, 0.3) is 0 Å². The molecule has 1 heterocycles. The van der Waals surface area contributed by atoms with Crippen molar-refractivity contribution in [2.45, 2.75) is 44.7 Å². The van der Waals surface area contributed by atoms with Gasteiger partial charge in [0.25, 0.3) is 0 Å². The first-order valence-electron chi connectivity index (χ1n) is 6.75. The van der Waals surface area contributed by atoms with Crippen LogP contribution in [0.3, 0.4) is 0 Å². The fourth-order valence-electron chi connectivity index (χ4n) is 2.43. The van der Waals surface area contributed by atoms with Gasteiger partial charge in [0.05, 0.1) is 0 Å². The Hall–Kier alpha value is -0.120. The van der Waals surface area contributed by atoms with E-state index in [1.54, 1.807) is 0 Å². The zero-order chi connectivity index (χ0) is 11.6. The predicted molar refractivity (Wildman–Crippen MR) is 68.8 cm³/mol. The van der Waals surface area contributed by atoms with Crippen molar-refractivity contribution in [2.24, 2.45) is 0 Å². The average Bonchev–Trinajstić information content (AvgIpc) is 3.01. The Morgan fingerprint density at radius 1 is 1.25 bits per heavy atom. The van der Waals surface area contributed by atoms with Crippen LogP contribution in [0.15, 0.2) is 0 Å². The van der Waals surface area contributed by atoms with Crippen LogP contribution in [0, 0.1) is 0 Å². The minimum atomic E-state index is 0.349. The van der Waals surface area contributed by atoms with Crippen LogP contribution < -0.4 is 5.32 Å². The summed E-state index contributed by atoms with van der Waals surface area (Å²) in [4.78, 5) is 5.10. The smallest absolute Gasteiger partial charge is 0.0277 e. The molecule has 1 aliphatic carbocycles. The van der Waals surface area contributed by atoms with Gasteiger partial charge in [-0.15, -0.1) is 0 Å². The molecule has 2 fully saturated rings. The molecule has 0 aromatic heterocycles. The Balaban J connectivity index is 1.61. The van der Waals surface area contributed by atoms with E-state index in [0.717, 1.165) is 6.04 Å². The maximum absolute atomic E-state index is 3.59. The zero-order valence-electron chi connectivity index (χ0n) is 11.1. The Bertz CT molecular complexity index is 223. The fourth-order valence-corrected chi connectivity index (χ4v) is 2.43. The molecule has 2 aliphatic rings. The van der Waals surface area contributed by atoms with Gasteiger partial charge in [0.1, 0.15) is 0 Å². The summed E-state index contributed by atoms with van der Waals surface area (Å²) in [6.07, 6.45) is 4.11. The fraction of sp³-hybridized carbons (Fsp3) is 1.00. The highest BCUT2D eigenvalue weighted by atomic mass is 15.3. The molecule has 0 amide bonds. The molecular formula is C13H27N3. The van der Waals surface area contributed by atoms with Crippen LogP contribution in [0.1, 0.15) is 33.1 Å². The second-order valence-corrected chi connectivity index (χ2v) is 6.09. The topological polar surface area (TPSA) is 18.5 Å². The van der Waals surface area contributed by atoms with Crippen LogP contribution in [0.5, 0.6) is 0 Å². The van der Waals surface area contributed by atoms with Gasteiger partial charge in [-0.25, -0.2) is 0 Å². The summed E-state index contributed by atoms with van der Waals surface area (Å²) in [5.74, 6) is 0. The standard InChI is InChI=1S/C13H27N3/c1-13(2)11-16(10-9-15(13)3)8-4-7-14-12-5-6-12/h12,14H,4-11H2,1-3H3. The van der Waals surface area contributed by atoms with Crippen LogP contribution in [-0.4, -0.2) is 61.2 Å². The summed E-state index contributed by atoms with van der Waals surface area (Å²) in [5, 5.41) is 3.59. The molecule has 3 heteroatoms. The van der Waals surface area contributed by atoms with E-state index in [9.17, 15) is 0 Å². The zero-order valence-corrected chi connectivity index (χ0v) is 11.1. The molecule has 3 nitrogen and oxygen atoms in total. The number of likely N-dealkylation sites (N-methyl/N-ethyl adjacent to an activating group) is 1. The molecule has 2 rings (SSSR count). The van der Waals surface area contributed by atoms with Gasteiger partial charge in [0.15, 0.2) is 0 Å². The maximum Gasteiger partial charge on any atom is 0.0277 e. The lowest BCUT2D eigenvalue weighted by molar-refractivity contribution is 0.0396. The number of hydrogen-bond acceptors (Lipinski definition) is 3. The molecule has 0 bridgehead atoms. The van der Waals surface area contributed by atoms with Gasteiger partial charge in [-0.3, -0.25) is 4.90 Å². The highest BCUT2D eigenvalue weighted by Crippen LogP contribution is 2.19. The number of nitrogens with zero attached hydrogens (tertiary/aromatic N) is 2. The van der Waals surface area contributed by atoms with Crippen molar-refractivity contribution in [1.29, 1.82) is 0 Å². The third kappa shape index (κ3) is 3.44.